The van der Waals surface area contributed by atoms with E-state index in [9.17, 15) is 18.0 Å². The van der Waals surface area contributed by atoms with Gasteiger partial charge in [0.05, 0.1) is 12.8 Å². The topological polar surface area (TPSA) is 118 Å². The van der Waals surface area contributed by atoms with Crippen molar-refractivity contribution in [2.45, 2.75) is 39.4 Å². The molecule has 0 saturated carbocycles. The highest BCUT2D eigenvalue weighted by molar-refractivity contribution is 7.93. The van der Waals surface area contributed by atoms with Crippen molar-refractivity contribution in [1.82, 2.24) is 5.16 Å². The lowest BCUT2D eigenvalue weighted by Gasteiger charge is -2.14. The summed E-state index contributed by atoms with van der Waals surface area (Å²) in [6.07, 6.45) is 0. The van der Waals surface area contributed by atoms with Crippen molar-refractivity contribution in [3.63, 3.8) is 0 Å². The molecule has 0 bridgehead atoms. The number of hydrogen-bond donors (Lipinski definition) is 2. The first-order chi connectivity index (χ1) is 15.6. The van der Waals surface area contributed by atoms with Crippen LogP contribution in [0.4, 0.5) is 11.6 Å². The summed E-state index contributed by atoms with van der Waals surface area (Å²) >= 11 is 0.836. The molecule has 158 valence electrons. The number of benzene rings is 1. The molecule has 1 aromatic carbocycles. The fourth-order valence-corrected chi connectivity index (χ4v) is 5.10. The zero-order valence-electron chi connectivity index (χ0n) is 20.5. The van der Waals surface area contributed by atoms with Crippen LogP contribution in [0.15, 0.2) is 33.0 Å². The van der Waals surface area contributed by atoms with Gasteiger partial charge in [0.15, 0.2) is 5.78 Å². The third-order valence-electron chi connectivity index (χ3n) is 4.20. The molecule has 0 spiro atoms. The molecule has 8 nitrogen and oxygen atoms in total. The molecule has 0 atom stereocenters. The maximum Gasteiger partial charge on any atom is 0.267 e. The number of carbonyl (C=O) groups excluding carboxylic acids is 2. The highest BCUT2D eigenvalue weighted by atomic mass is 32.2. The number of aryl methyl sites for hydroxylation is 3. The SMILES string of the molecule is [2H]c1c(C)cc(C)c(NC(=O)c2sccc2S(=O)(=O)Nc2onc(C)c2C([2H])([2H])[2H])c1C(C)=O. The van der Waals surface area contributed by atoms with Crippen LogP contribution in [0.3, 0.4) is 0 Å². The van der Waals surface area contributed by atoms with Crippen LogP contribution in [0.2, 0.25) is 0 Å². The van der Waals surface area contributed by atoms with Gasteiger partial charge in [-0.1, -0.05) is 11.2 Å². The standard InChI is InChI=1S/C20H21N3O5S2/c1-10-8-11(2)17(15(9-10)14(5)24)21-19(25)18-16(6-7-29-18)30(26,27)23-20-12(3)13(4)22-28-20/h6-9,23H,1-5H3,(H,21,25)/i3D3,9D. The van der Waals surface area contributed by atoms with E-state index in [0.29, 0.717) is 11.1 Å². The van der Waals surface area contributed by atoms with Gasteiger partial charge in [-0.15, -0.1) is 11.3 Å². The van der Waals surface area contributed by atoms with Crippen molar-refractivity contribution < 1.29 is 28.0 Å². The molecule has 10 heteroatoms. The molecule has 0 saturated heterocycles. The average molecular weight is 452 g/mol. The second-order valence-corrected chi connectivity index (χ2v) is 9.15. The average Bonchev–Trinajstić information content (AvgIpc) is 3.32. The summed E-state index contributed by atoms with van der Waals surface area (Å²) in [6.45, 7) is 3.28. The number of thiophene rings is 1. The van der Waals surface area contributed by atoms with Crippen molar-refractivity contribution in [1.29, 1.82) is 0 Å². The fourth-order valence-electron chi connectivity index (χ4n) is 2.78. The van der Waals surface area contributed by atoms with E-state index in [-0.39, 0.29) is 33.4 Å². The molecule has 30 heavy (non-hydrogen) atoms. The number of carbonyl (C=O) groups is 2. The Labute approximate surface area is 184 Å². The van der Waals surface area contributed by atoms with Crippen molar-refractivity contribution in [2.24, 2.45) is 0 Å². The summed E-state index contributed by atoms with van der Waals surface area (Å²) < 4.78 is 63.9. The molecule has 0 aliphatic carbocycles. The lowest BCUT2D eigenvalue weighted by atomic mass is 10.0. The Morgan fingerprint density at radius 2 is 2.03 bits per heavy atom. The number of rotatable bonds is 6. The Morgan fingerprint density at radius 1 is 1.30 bits per heavy atom. The minimum atomic E-state index is -4.45. The first-order valence-corrected chi connectivity index (χ1v) is 11.0. The van der Waals surface area contributed by atoms with E-state index in [1.54, 1.807) is 19.9 Å². The molecule has 3 rings (SSSR count). The van der Waals surface area contributed by atoms with Crippen LogP contribution in [0.25, 0.3) is 0 Å². The second kappa shape index (κ2) is 8.04. The summed E-state index contributed by atoms with van der Waals surface area (Å²) in [4.78, 5) is 24.6. The molecule has 3 aromatic rings. The smallest absolute Gasteiger partial charge is 0.267 e. The molecule has 0 fully saturated rings. The van der Waals surface area contributed by atoms with Gasteiger partial charge in [-0.3, -0.25) is 9.59 Å². The molecule has 0 aliphatic rings. The molecule has 0 aliphatic heterocycles. The first-order valence-electron chi connectivity index (χ1n) is 10.6. The molecule has 2 aromatic heterocycles. The number of nitrogens with one attached hydrogen (secondary N) is 2. The maximum atomic E-state index is 13.1. The third kappa shape index (κ3) is 4.14. The van der Waals surface area contributed by atoms with Crippen LogP contribution in [0.5, 0.6) is 0 Å². The van der Waals surface area contributed by atoms with E-state index in [1.807, 2.05) is 0 Å². The lowest BCUT2D eigenvalue weighted by molar-refractivity contribution is 0.101. The summed E-state index contributed by atoms with van der Waals surface area (Å²) in [5.41, 5.74) is 0.834. The predicted octanol–water partition coefficient (Wildman–Crippen LogP) is 4.23. The van der Waals surface area contributed by atoms with Gasteiger partial charge in [0.25, 0.3) is 15.9 Å². The van der Waals surface area contributed by atoms with Gasteiger partial charge in [-0.2, -0.15) is 0 Å². The molecule has 0 unspecified atom stereocenters. The van der Waals surface area contributed by atoms with Crippen molar-refractivity contribution in [3.05, 3.63) is 56.4 Å². The maximum absolute atomic E-state index is 13.1. The van der Waals surface area contributed by atoms with Gasteiger partial charge in [-0.05, 0) is 63.2 Å². The van der Waals surface area contributed by atoms with Crippen LogP contribution in [-0.2, 0) is 10.0 Å². The van der Waals surface area contributed by atoms with Gasteiger partial charge in [0.1, 0.15) is 9.77 Å². The lowest BCUT2D eigenvalue weighted by Crippen LogP contribution is -2.20. The minimum absolute atomic E-state index is 0.00112. The van der Waals surface area contributed by atoms with E-state index < -0.39 is 39.3 Å². The summed E-state index contributed by atoms with van der Waals surface area (Å²) in [5, 5.41) is 7.46. The number of hydrogen-bond acceptors (Lipinski definition) is 7. The molecular formula is C20H21N3O5S2. The number of nitrogens with zero attached hydrogens (tertiary/aromatic N) is 1. The Balaban J connectivity index is 2.00. The fraction of sp³-hybridized carbons (Fsp3) is 0.250. The third-order valence-corrected chi connectivity index (χ3v) is 6.62. The predicted molar refractivity (Wildman–Crippen MR) is 115 cm³/mol. The van der Waals surface area contributed by atoms with Gasteiger partial charge in [-0.25, -0.2) is 13.1 Å². The van der Waals surface area contributed by atoms with Crippen LogP contribution < -0.4 is 10.0 Å². The zero-order valence-corrected chi connectivity index (χ0v) is 18.2. The Hall–Kier alpha value is -2.98. The van der Waals surface area contributed by atoms with Crippen LogP contribution in [0, 0.1) is 27.6 Å². The summed E-state index contributed by atoms with van der Waals surface area (Å²) in [6, 6.07) is 2.79. The van der Waals surface area contributed by atoms with E-state index in [0.717, 1.165) is 11.3 Å². The molecule has 1 amide bonds. The van der Waals surface area contributed by atoms with Gasteiger partial charge >= 0.3 is 0 Å². The van der Waals surface area contributed by atoms with Crippen LogP contribution in [-0.4, -0.2) is 25.3 Å². The van der Waals surface area contributed by atoms with Crippen LogP contribution >= 0.6 is 11.3 Å². The summed E-state index contributed by atoms with van der Waals surface area (Å²) in [5.74, 6) is -1.80. The minimum Gasteiger partial charge on any atom is -0.337 e. The number of sulfonamides is 1. The van der Waals surface area contributed by atoms with E-state index in [2.05, 4.69) is 15.2 Å². The zero-order chi connectivity index (χ0) is 25.6. The number of anilines is 2. The first kappa shape index (κ1) is 16.8. The Kier molecular flexibility index (Phi) is 4.49. The monoisotopic (exact) mass is 451 g/mol. The molecule has 0 radical (unpaired) electrons. The highest BCUT2D eigenvalue weighted by Gasteiger charge is 2.27. The Morgan fingerprint density at radius 3 is 2.70 bits per heavy atom. The second-order valence-electron chi connectivity index (χ2n) is 6.59. The van der Waals surface area contributed by atoms with Gasteiger partial charge in [0.2, 0.25) is 5.88 Å². The number of amides is 1. The van der Waals surface area contributed by atoms with Gasteiger partial charge < -0.3 is 9.84 Å². The van der Waals surface area contributed by atoms with Crippen molar-refractivity contribution in [3.8, 4) is 0 Å². The van der Waals surface area contributed by atoms with E-state index >= 15 is 0 Å². The van der Waals surface area contributed by atoms with Gasteiger partial charge in [0, 0.05) is 15.2 Å². The number of ketones is 1. The normalized spacial score (nSPS) is 13.7. The van der Waals surface area contributed by atoms with Crippen molar-refractivity contribution in [2.75, 3.05) is 10.0 Å². The summed E-state index contributed by atoms with van der Waals surface area (Å²) in [7, 11) is -4.45. The number of aromatic nitrogens is 1. The molecule has 2 heterocycles. The van der Waals surface area contributed by atoms with Crippen molar-refractivity contribution >= 4 is 44.6 Å². The Bertz CT molecular complexity index is 1410. The molecule has 2 N–H and O–H groups in total. The largest absolute Gasteiger partial charge is 0.337 e. The van der Waals surface area contributed by atoms with Crippen LogP contribution in [0.1, 0.15) is 54.8 Å². The van der Waals surface area contributed by atoms with E-state index in [4.69, 9.17) is 10.0 Å². The quantitative estimate of drug-likeness (QED) is 0.542. The molecular weight excluding hydrogens is 426 g/mol. The highest BCUT2D eigenvalue weighted by Crippen LogP contribution is 2.29. The van der Waals surface area contributed by atoms with E-state index in [1.165, 1.54) is 25.3 Å². The number of Topliss-reactive ketones (excluding diaryl/α,β-unsaturated/α-hetero) is 1.